The topological polar surface area (TPSA) is 98.1 Å². The Morgan fingerprint density at radius 2 is 2.22 bits per heavy atom. The standard InChI is InChI=1S/C17H16ClN7O2/c1-24-8-12-14(17(24)26)11(7-13(18)20-12)19-10-6-4-5-9(15(10)27-3)16-21-23-25(2)22-16/h4-7H,8H2,1-3H3,(H,19,20)/i1D3. The van der Waals surface area contributed by atoms with E-state index < -0.39 is 12.9 Å². The van der Waals surface area contributed by atoms with E-state index in [2.05, 4.69) is 25.7 Å². The van der Waals surface area contributed by atoms with E-state index in [4.69, 9.17) is 20.5 Å². The predicted octanol–water partition coefficient (Wildman–Crippen LogP) is 2.26. The minimum Gasteiger partial charge on any atom is -0.494 e. The number of carbonyl (C=O) groups excluding carboxylic acids is 1. The van der Waals surface area contributed by atoms with E-state index in [0.29, 0.717) is 28.5 Å². The van der Waals surface area contributed by atoms with Gasteiger partial charge in [-0.3, -0.25) is 4.79 Å². The Kier molecular flexibility index (Phi) is 3.36. The van der Waals surface area contributed by atoms with E-state index >= 15 is 0 Å². The molecule has 1 aliphatic rings. The molecule has 1 aliphatic heterocycles. The van der Waals surface area contributed by atoms with Crippen LogP contribution in [0, 0.1) is 0 Å². The number of carbonyl (C=O) groups is 1. The smallest absolute Gasteiger partial charge is 0.257 e. The maximum atomic E-state index is 12.8. The first-order chi connectivity index (χ1) is 14.2. The quantitative estimate of drug-likeness (QED) is 0.684. The third kappa shape index (κ3) is 2.95. The highest BCUT2D eigenvalue weighted by atomic mass is 35.5. The van der Waals surface area contributed by atoms with Crippen molar-refractivity contribution in [1.82, 2.24) is 30.1 Å². The molecule has 27 heavy (non-hydrogen) atoms. The molecule has 0 fully saturated rings. The number of para-hydroxylation sites is 1. The second-order valence-electron chi connectivity index (χ2n) is 5.82. The van der Waals surface area contributed by atoms with E-state index in [-0.39, 0.29) is 23.0 Å². The van der Waals surface area contributed by atoms with Crippen molar-refractivity contribution in [2.24, 2.45) is 7.05 Å². The van der Waals surface area contributed by atoms with Gasteiger partial charge in [0.05, 0.1) is 48.9 Å². The first-order valence-electron chi connectivity index (χ1n) is 9.39. The van der Waals surface area contributed by atoms with E-state index in [1.54, 1.807) is 25.2 Å². The fourth-order valence-electron chi connectivity index (χ4n) is 2.94. The van der Waals surface area contributed by atoms with Crippen molar-refractivity contribution < 1.29 is 13.6 Å². The normalized spacial score (nSPS) is 15.1. The van der Waals surface area contributed by atoms with E-state index in [9.17, 15) is 4.79 Å². The minimum absolute atomic E-state index is 0.127. The SMILES string of the molecule is [2H]C([2H])([2H])N1Cc2nc(Cl)cc(Nc3cccc(-c4nnn(C)n4)c3OC)c2C1=O. The lowest BCUT2D eigenvalue weighted by atomic mass is 10.1. The summed E-state index contributed by atoms with van der Waals surface area (Å²) in [7, 11) is 3.14. The van der Waals surface area contributed by atoms with Crippen molar-refractivity contribution in [3.05, 3.63) is 40.7 Å². The van der Waals surface area contributed by atoms with Crippen molar-refractivity contribution in [2.75, 3.05) is 19.4 Å². The summed E-state index contributed by atoms with van der Waals surface area (Å²) >= 11 is 6.12. The summed E-state index contributed by atoms with van der Waals surface area (Å²) in [5.74, 6) is 0.133. The number of fused-ring (bicyclic) bond motifs is 1. The molecular formula is C17H16ClN7O2. The summed E-state index contributed by atoms with van der Waals surface area (Å²) in [5.41, 5.74) is 1.86. The highest BCUT2D eigenvalue weighted by Gasteiger charge is 2.30. The number of tetrazole rings is 1. The summed E-state index contributed by atoms with van der Waals surface area (Å²) < 4.78 is 28.3. The van der Waals surface area contributed by atoms with Crippen LogP contribution in [0.15, 0.2) is 24.3 Å². The Morgan fingerprint density at radius 1 is 1.37 bits per heavy atom. The maximum Gasteiger partial charge on any atom is 0.257 e. The van der Waals surface area contributed by atoms with Crippen LogP contribution in [0.3, 0.4) is 0 Å². The maximum absolute atomic E-state index is 12.8. The predicted molar refractivity (Wildman–Crippen MR) is 99.1 cm³/mol. The highest BCUT2D eigenvalue weighted by Crippen LogP contribution is 2.38. The number of nitrogens with zero attached hydrogens (tertiary/aromatic N) is 6. The lowest BCUT2D eigenvalue weighted by molar-refractivity contribution is 0.0817. The van der Waals surface area contributed by atoms with Gasteiger partial charge in [-0.2, -0.15) is 4.80 Å². The molecule has 1 aromatic carbocycles. The molecule has 0 spiro atoms. The van der Waals surface area contributed by atoms with Crippen molar-refractivity contribution in [3.63, 3.8) is 0 Å². The van der Waals surface area contributed by atoms with Gasteiger partial charge in [-0.15, -0.1) is 10.2 Å². The molecule has 4 rings (SSSR count). The molecule has 0 saturated heterocycles. The van der Waals surface area contributed by atoms with Gasteiger partial charge in [0, 0.05) is 11.1 Å². The molecular weight excluding hydrogens is 370 g/mol. The van der Waals surface area contributed by atoms with E-state index in [1.165, 1.54) is 18.0 Å². The zero-order valence-corrected chi connectivity index (χ0v) is 15.2. The molecule has 3 heterocycles. The fourth-order valence-corrected chi connectivity index (χ4v) is 3.15. The number of rotatable bonds is 4. The number of benzene rings is 1. The van der Waals surface area contributed by atoms with Gasteiger partial charge in [0.2, 0.25) is 5.82 Å². The average Bonchev–Trinajstić information content (AvgIpc) is 3.24. The van der Waals surface area contributed by atoms with Gasteiger partial charge in [0.25, 0.3) is 5.91 Å². The Morgan fingerprint density at radius 3 is 2.93 bits per heavy atom. The third-order valence-electron chi connectivity index (χ3n) is 4.07. The van der Waals surface area contributed by atoms with Gasteiger partial charge in [-0.1, -0.05) is 17.7 Å². The van der Waals surface area contributed by atoms with Crippen molar-refractivity contribution in [2.45, 2.75) is 6.54 Å². The molecule has 138 valence electrons. The lowest BCUT2D eigenvalue weighted by Crippen LogP contribution is -2.18. The van der Waals surface area contributed by atoms with Crippen molar-refractivity contribution in [1.29, 1.82) is 0 Å². The second-order valence-corrected chi connectivity index (χ2v) is 6.21. The van der Waals surface area contributed by atoms with E-state index in [1.807, 2.05) is 0 Å². The highest BCUT2D eigenvalue weighted by molar-refractivity contribution is 6.30. The largest absolute Gasteiger partial charge is 0.494 e. The molecule has 0 atom stereocenters. The third-order valence-corrected chi connectivity index (χ3v) is 4.26. The number of methoxy groups -OCH3 is 1. The van der Waals surface area contributed by atoms with Crippen LogP contribution < -0.4 is 10.1 Å². The number of amides is 1. The monoisotopic (exact) mass is 388 g/mol. The summed E-state index contributed by atoms with van der Waals surface area (Å²) in [4.78, 5) is 19.0. The van der Waals surface area contributed by atoms with Gasteiger partial charge in [0.15, 0.2) is 5.75 Å². The Labute approximate surface area is 164 Å². The van der Waals surface area contributed by atoms with Gasteiger partial charge in [0.1, 0.15) is 5.15 Å². The first-order valence-corrected chi connectivity index (χ1v) is 8.26. The molecule has 1 amide bonds. The molecule has 0 saturated carbocycles. The molecule has 0 aliphatic carbocycles. The summed E-state index contributed by atoms with van der Waals surface area (Å²) in [6.45, 7) is -2.74. The Bertz CT molecular complexity index is 1150. The number of ether oxygens (including phenoxy) is 1. The number of pyridine rings is 1. The molecule has 2 aromatic heterocycles. The average molecular weight is 389 g/mol. The number of aryl methyl sites for hydroxylation is 1. The number of hydrogen-bond acceptors (Lipinski definition) is 7. The fraction of sp³-hybridized carbons (Fsp3) is 0.235. The number of nitrogens with one attached hydrogen (secondary N) is 1. The summed E-state index contributed by atoms with van der Waals surface area (Å²) in [6, 6.07) is 6.73. The molecule has 0 unspecified atom stereocenters. The first kappa shape index (κ1) is 13.9. The zero-order valence-electron chi connectivity index (χ0n) is 17.4. The summed E-state index contributed by atoms with van der Waals surface area (Å²) in [5, 5.41) is 15.3. The molecule has 0 bridgehead atoms. The molecule has 1 N–H and O–H groups in total. The van der Waals surface area contributed by atoms with Crippen LogP contribution in [0.4, 0.5) is 11.4 Å². The van der Waals surface area contributed by atoms with Crippen LogP contribution in [0.25, 0.3) is 11.4 Å². The van der Waals surface area contributed by atoms with Gasteiger partial charge in [-0.05, 0) is 23.4 Å². The lowest BCUT2D eigenvalue weighted by Gasteiger charge is -2.15. The Balaban J connectivity index is 1.78. The summed E-state index contributed by atoms with van der Waals surface area (Å²) in [6.07, 6.45) is 0. The van der Waals surface area contributed by atoms with E-state index in [0.717, 1.165) is 4.90 Å². The molecule has 10 heteroatoms. The van der Waals surface area contributed by atoms with Crippen LogP contribution in [0.1, 0.15) is 20.2 Å². The van der Waals surface area contributed by atoms with Gasteiger partial charge >= 0.3 is 0 Å². The van der Waals surface area contributed by atoms with Gasteiger partial charge < -0.3 is 15.0 Å². The Hall–Kier alpha value is -3.20. The van der Waals surface area contributed by atoms with Crippen LogP contribution >= 0.6 is 11.6 Å². The number of aromatic nitrogens is 5. The number of anilines is 2. The van der Waals surface area contributed by atoms with Crippen molar-refractivity contribution in [3.8, 4) is 17.1 Å². The van der Waals surface area contributed by atoms with Crippen LogP contribution in [0.2, 0.25) is 5.15 Å². The number of halogens is 1. The second kappa shape index (κ2) is 6.51. The van der Waals surface area contributed by atoms with Crippen LogP contribution in [-0.2, 0) is 13.6 Å². The van der Waals surface area contributed by atoms with Crippen molar-refractivity contribution >= 4 is 28.9 Å². The van der Waals surface area contributed by atoms with Crippen LogP contribution in [0.5, 0.6) is 5.75 Å². The minimum atomic E-state index is -2.59. The zero-order chi connectivity index (χ0) is 21.6. The molecule has 3 aromatic rings. The molecule has 9 nitrogen and oxygen atoms in total. The van der Waals surface area contributed by atoms with Gasteiger partial charge in [-0.25, -0.2) is 4.98 Å². The number of hydrogen-bond donors (Lipinski definition) is 1. The molecule has 0 radical (unpaired) electrons. The van der Waals surface area contributed by atoms with Crippen LogP contribution in [-0.4, -0.2) is 50.1 Å².